The van der Waals surface area contributed by atoms with Crippen LogP contribution in [0.2, 0.25) is 0 Å². The van der Waals surface area contributed by atoms with Crippen LogP contribution in [0, 0.1) is 0 Å². The first-order valence-electron chi connectivity index (χ1n) is 13.6. The minimum Gasteiger partial charge on any atom is -0.463 e. The van der Waals surface area contributed by atoms with Gasteiger partial charge in [-0.3, -0.25) is 14.2 Å². The number of aromatic nitrogens is 2. The molecule has 1 atom stereocenters. The molecule has 1 amide bonds. The second-order valence-corrected chi connectivity index (χ2v) is 10.9. The van der Waals surface area contributed by atoms with Gasteiger partial charge in [0.25, 0.3) is 5.56 Å². The summed E-state index contributed by atoms with van der Waals surface area (Å²) in [5.41, 5.74) is 3.20. The van der Waals surface area contributed by atoms with Crippen molar-refractivity contribution in [3.63, 3.8) is 0 Å². The van der Waals surface area contributed by atoms with Gasteiger partial charge in [-0.1, -0.05) is 59.9 Å². The minimum absolute atomic E-state index is 0.0322. The zero-order valence-electron chi connectivity index (χ0n) is 22.9. The number of fused-ring (bicyclic) bond motifs is 2. The summed E-state index contributed by atoms with van der Waals surface area (Å²) in [4.78, 5) is 47.1. The van der Waals surface area contributed by atoms with Crippen molar-refractivity contribution in [2.45, 2.75) is 26.4 Å². The van der Waals surface area contributed by atoms with Gasteiger partial charge in [-0.2, -0.15) is 0 Å². The van der Waals surface area contributed by atoms with Crippen molar-refractivity contribution in [1.82, 2.24) is 14.0 Å². The first-order chi connectivity index (χ1) is 20.0. The van der Waals surface area contributed by atoms with Crippen LogP contribution in [0.25, 0.3) is 17.0 Å². The van der Waals surface area contributed by atoms with Crippen LogP contribution in [0.3, 0.4) is 0 Å². The highest BCUT2D eigenvalue weighted by Crippen LogP contribution is 2.30. The highest BCUT2D eigenvalue weighted by atomic mass is 32.1. The Kier molecular flexibility index (Phi) is 7.42. The van der Waals surface area contributed by atoms with E-state index in [1.807, 2.05) is 76.3 Å². The third kappa shape index (κ3) is 5.05. The molecular weight excluding hydrogens is 540 g/mol. The van der Waals surface area contributed by atoms with E-state index in [0.29, 0.717) is 46.9 Å². The number of amides is 1. The molecule has 10 heteroatoms. The molecule has 2 aliphatic rings. The summed E-state index contributed by atoms with van der Waals surface area (Å²) in [5, 5.41) is 0.941. The van der Waals surface area contributed by atoms with E-state index in [4.69, 9.17) is 9.47 Å². The molecule has 4 heterocycles. The molecule has 0 bridgehead atoms. The fraction of sp³-hybridized carbons (Fsp3) is 0.290. The maximum atomic E-state index is 14.0. The molecule has 2 aromatic carbocycles. The van der Waals surface area contributed by atoms with Crippen molar-refractivity contribution in [1.29, 1.82) is 0 Å². The maximum Gasteiger partial charge on any atom is 0.338 e. The molecule has 0 unspecified atom stereocenters. The number of benzene rings is 2. The van der Waals surface area contributed by atoms with Gasteiger partial charge in [0, 0.05) is 35.8 Å². The van der Waals surface area contributed by atoms with Gasteiger partial charge < -0.3 is 18.9 Å². The monoisotopic (exact) mass is 570 g/mol. The van der Waals surface area contributed by atoms with Crippen molar-refractivity contribution in [3.05, 3.63) is 103 Å². The Balaban J connectivity index is 1.46. The van der Waals surface area contributed by atoms with Crippen LogP contribution >= 0.6 is 11.3 Å². The summed E-state index contributed by atoms with van der Waals surface area (Å²) >= 11 is 1.28. The third-order valence-corrected chi connectivity index (χ3v) is 8.39. The van der Waals surface area contributed by atoms with Crippen LogP contribution in [-0.4, -0.2) is 58.8 Å². The molecule has 0 N–H and O–H groups in total. The van der Waals surface area contributed by atoms with Gasteiger partial charge in [0.05, 0.1) is 41.7 Å². The summed E-state index contributed by atoms with van der Waals surface area (Å²) in [7, 11) is 0. The van der Waals surface area contributed by atoms with Crippen molar-refractivity contribution in [2.24, 2.45) is 4.99 Å². The Morgan fingerprint density at radius 3 is 2.59 bits per heavy atom. The van der Waals surface area contributed by atoms with Gasteiger partial charge in [0.15, 0.2) is 4.80 Å². The van der Waals surface area contributed by atoms with Crippen LogP contribution < -0.4 is 14.9 Å². The summed E-state index contributed by atoms with van der Waals surface area (Å²) in [6.45, 7) is 6.22. The zero-order valence-corrected chi connectivity index (χ0v) is 23.7. The zero-order chi connectivity index (χ0) is 28.5. The van der Waals surface area contributed by atoms with Crippen LogP contribution in [0.15, 0.2) is 81.9 Å². The third-order valence-electron chi connectivity index (χ3n) is 7.41. The number of esters is 1. The van der Waals surface area contributed by atoms with Gasteiger partial charge in [0.2, 0.25) is 5.91 Å². The lowest BCUT2D eigenvalue weighted by Gasteiger charge is -2.27. The number of carbonyl (C=O) groups is 2. The number of carbonyl (C=O) groups excluding carboxylic acids is 2. The molecule has 9 nitrogen and oxygen atoms in total. The molecule has 0 radical (unpaired) electrons. The van der Waals surface area contributed by atoms with Crippen LogP contribution in [0.4, 0.5) is 0 Å². The molecular formula is C31H30N4O5S. The molecule has 0 spiro atoms. The second-order valence-electron chi connectivity index (χ2n) is 9.94. The number of para-hydroxylation sites is 1. The van der Waals surface area contributed by atoms with E-state index in [9.17, 15) is 14.4 Å². The molecule has 0 aliphatic carbocycles. The van der Waals surface area contributed by atoms with Crippen molar-refractivity contribution >= 4 is 40.2 Å². The first-order valence-corrected chi connectivity index (χ1v) is 14.5. The van der Waals surface area contributed by atoms with E-state index < -0.39 is 12.0 Å². The number of ether oxygens (including phenoxy) is 2. The Bertz CT molecular complexity index is 1840. The highest BCUT2D eigenvalue weighted by molar-refractivity contribution is 7.07. The highest BCUT2D eigenvalue weighted by Gasteiger charge is 2.33. The smallest absolute Gasteiger partial charge is 0.338 e. The number of hydrogen-bond acceptors (Lipinski definition) is 7. The summed E-state index contributed by atoms with van der Waals surface area (Å²) in [5.74, 6) is -0.449. The number of allylic oxidation sites excluding steroid dienone is 1. The number of rotatable bonds is 6. The number of morpholine rings is 1. The molecule has 41 heavy (non-hydrogen) atoms. The molecule has 2 aliphatic heterocycles. The van der Waals surface area contributed by atoms with E-state index in [1.54, 1.807) is 18.4 Å². The lowest BCUT2D eigenvalue weighted by atomic mass is 9.96. The SMILES string of the molecule is CCOC(=O)C1=C(C)N=c2s/c(=C/c3cn(CC(=O)N4CCOCC4)c4ccccc34)c(=O)n2[C@@H]1c1ccccc1. The topological polar surface area (TPSA) is 95.1 Å². The number of nitrogens with zero attached hydrogens (tertiary/aromatic N) is 4. The van der Waals surface area contributed by atoms with Gasteiger partial charge in [-0.05, 0) is 31.6 Å². The molecule has 6 rings (SSSR count). The maximum absolute atomic E-state index is 14.0. The quantitative estimate of drug-likeness (QED) is 0.332. The number of hydrogen-bond donors (Lipinski definition) is 0. The lowest BCUT2D eigenvalue weighted by Crippen LogP contribution is -2.42. The summed E-state index contributed by atoms with van der Waals surface area (Å²) in [6.07, 6.45) is 3.78. The van der Waals surface area contributed by atoms with E-state index in [0.717, 1.165) is 22.0 Å². The second kappa shape index (κ2) is 11.3. The lowest BCUT2D eigenvalue weighted by molar-refractivity contribution is -0.139. The first kappa shape index (κ1) is 26.9. The summed E-state index contributed by atoms with van der Waals surface area (Å²) in [6, 6.07) is 16.7. The molecule has 4 aromatic rings. The average Bonchev–Trinajstić information content (AvgIpc) is 3.49. The average molecular weight is 571 g/mol. The Morgan fingerprint density at radius 1 is 1.10 bits per heavy atom. The van der Waals surface area contributed by atoms with Gasteiger partial charge in [-0.15, -0.1) is 0 Å². The standard InChI is InChI=1S/C31H30N4O5S/c1-3-40-30(38)27-20(2)32-31-35(28(27)21-9-5-4-6-10-21)29(37)25(41-31)17-22-18-34(24-12-8-7-11-23(22)24)19-26(36)33-13-15-39-16-14-33/h4-12,17-18,28H,3,13-16,19H2,1-2H3/b25-17+/t28-/m1/s1. The largest absolute Gasteiger partial charge is 0.463 e. The molecule has 2 aromatic heterocycles. The minimum atomic E-state index is -0.652. The Hall–Kier alpha value is -4.28. The predicted octanol–water partition coefficient (Wildman–Crippen LogP) is 2.61. The number of thiazole rings is 1. The predicted molar refractivity (Wildman–Crippen MR) is 156 cm³/mol. The Labute approximate surface area is 240 Å². The van der Waals surface area contributed by atoms with Crippen LogP contribution in [-0.2, 0) is 25.6 Å². The van der Waals surface area contributed by atoms with Crippen molar-refractivity contribution in [2.75, 3.05) is 32.9 Å². The van der Waals surface area contributed by atoms with E-state index in [-0.39, 0.29) is 24.6 Å². The van der Waals surface area contributed by atoms with E-state index in [2.05, 4.69) is 4.99 Å². The Morgan fingerprint density at radius 2 is 1.83 bits per heavy atom. The molecule has 1 fully saturated rings. The van der Waals surface area contributed by atoms with Gasteiger partial charge in [-0.25, -0.2) is 9.79 Å². The summed E-state index contributed by atoms with van der Waals surface area (Å²) < 4.78 is 14.8. The van der Waals surface area contributed by atoms with Crippen LogP contribution in [0.5, 0.6) is 0 Å². The van der Waals surface area contributed by atoms with Gasteiger partial charge in [0.1, 0.15) is 6.54 Å². The fourth-order valence-corrected chi connectivity index (χ4v) is 6.50. The van der Waals surface area contributed by atoms with Crippen molar-refractivity contribution in [3.8, 4) is 0 Å². The molecule has 210 valence electrons. The normalized spacial score (nSPS) is 17.5. The van der Waals surface area contributed by atoms with Crippen LogP contribution in [0.1, 0.15) is 31.0 Å². The van der Waals surface area contributed by atoms with E-state index in [1.165, 1.54) is 11.3 Å². The molecule has 0 saturated carbocycles. The van der Waals surface area contributed by atoms with Gasteiger partial charge >= 0.3 is 5.97 Å². The van der Waals surface area contributed by atoms with E-state index >= 15 is 0 Å². The van der Waals surface area contributed by atoms with Crippen molar-refractivity contribution < 1.29 is 19.1 Å². The fourth-order valence-electron chi connectivity index (χ4n) is 5.46. The molecule has 1 saturated heterocycles.